The number of aromatic nitrogens is 1. The largest absolute Gasteiger partial charge is 0.477 e. The molecule has 0 bridgehead atoms. The van der Waals surface area contributed by atoms with Crippen LogP contribution in [0.4, 0.5) is 27.6 Å². The third-order valence-corrected chi connectivity index (χ3v) is 4.40. The fraction of sp³-hybridized carbons (Fsp3) is 0.0500. The summed E-state index contributed by atoms with van der Waals surface area (Å²) < 4.78 is 74.0. The molecular weight excluding hydrogens is 461 g/mol. The average molecular weight is 472 g/mol. The summed E-state index contributed by atoms with van der Waals surface area (Å²) in [6, 6.07) is 7.36. The first kappa shape index (κ1) is 22.9. The zero-order valence-electron chi connectivity index (χ0n) is 15.6. The molecule has 0 aliphatic rings. The monoisotopic (exact) mass is 471 g/mol. The Labute approximate surface area is 181 Å². The van der Waals surface area contributed by atoms with Crippen molar-refractivity contribution in [2.75, 3.05) is 0 Å². The molecule has 2 aromatic carbocycles. The van der Waals surface area contributed by atoms with Gasteiger partial charge in [0.2, 0.25) is 0 Å². The first-order valence-electron chi connectivity index (χ1n) is 8.56. The number of rotatable bonds is 5. The highest BCUT2D eigenvalue weighted by atomic mass is 35.5. The van der Waals surface area contributed by atoms with Crippen LogP contribution in [0.2, 0.25) is 5.02 Å². The number of carboxylic acids is 1. The summed E-state index contributed by atoms with van der Waals surface area (Å²) in [6.45, 7) is 0. The number of nitrogens with two attached hydrogens (primary N) is 1. The molecule has 3 aromatic rings. The van der Waals surface area contributed by atoms with E-state index in [1.807, 2.05) is 0 Å². The van der Waals surface area contributed by atoms with Gasteiger partial charge in [-0.3, -0.25) is 0 Å². The van der Waals surface area contributed by atoms with Crippen LogP contribution >= 0.6 is 11.6 Å². The van der Waals surface area contributed by atoms with Crippen LogP contribution in [0, 0.1) is 11.6 Å². The number of carboxylic acid groups (broad SMARTS) is 1. The number of alkyl halides is 3. The second kappa shape index (κ2) is 8.79. The molecule has 166 valence electrons. The van der Waals surface area contributed by atoms with Gasteiger partial charge in [-0.2, -0.15) is 13.2 Å². The Morgan fingerprint density at radius 3 is 2.44 bits per heavy atom. The second-order valence-corrected chi connectivity index (χ2v) is 6.56. The zero-order chi connectivity index (χ0) is 23.6. The normalized spacial score (nSPS) is 12.8. The Balaban J connectivity index is 2.27. The van der Waals surface area contributed by atoms with Crippen molar-refractivity contribution in [3.63, 3.8) is 0 Å². The molecule has 0 unspecified atom stereocenters. The van der Waals surface area contributed by atoms with Gasteiger partial charge in [-0.1, -0.05) is 28.9 Å². The van der Waals surface area contributed by atoms with Gasteiger partial charge in [0.25, 0.3) is 0 Å². The second-order valence-electron chi connectivity index (χ2n) is 6.16. The highest BCUT2D eigenvalue weighted by Crippen LogP contribution is 2.38. The van der Waals surface area contributed by atoms with Crippen LogP contribution in [0.3, 0.4) is 0 Å². The average Bonchev–Trinajstić information content (AvgIpc) is 3.12. The summed E-state index contributed by atoms with van der Waals surface area (Å²) in [7, 11) is 0. The van der Waals surface area contributed by atoms with E-state index >= 15 is 0 Å². The number of allylic oxidation sites excluding steroid dienone is 1. The third kappa shape index (κ3) is 4.47. The molecule has 0 amide bonds. The van der Waals surface area contributed by atoms with Crippen molar-refractivity contribution in [3.8, 4) is 11.3 Å². The number of aliphatic imine (C=N–C) groups is 1. The number of aromatic carboxylic acids is 1. The summed E-state index contributed by atoms with van der Waals surface area (Å²) >= 11 is 5.93. The van der Waals surface area contributed by atoms with E-state index in [0.717, 1.165) is 30.3 Å². The van der Waals surface area contributed by atoms with Crippen LogP contribution < -0.4 is 5.73 Å². The van der Waals surface area contributed by atoms with Gasteiger partial charge in [-0.05, 0) is 30.3 Å². The van der Waals surface area contributed by atoms with Crippen LogP contribution in [0.25, 0.3) is 16.8 Å². The van der Waals surface area contributed by atoms with Crippen molar-refractivity contribution in [1.29, 1.82) is 0 Å². The lowest BCUT2D eigenvalue weighted by molar-refractivity contribution is -0.0572. The predicted octanol–water partition coefficient (Wildman–Crippen LogP) is 5.61. The molecule has 1 heterocycles. The van der Waals surface area contributed by atoms with Gasteiger partial charge >= 0.3 is 12.1 Å². The van der Waals surface area contributed by atoms with Crippen molar-refractivity contribution in [2.45, 2.75) is 6.18 Å². The van der Waals surface area contributed by atoms with E-state index in [9.17, 15) is 31.9 Å². The minimum atomic E-state index is -5.17. The van der Waals surface area contributed by atoms with Gasteiger partial charge in [0.15, 0.2) is 11.5 Å². The van der Waals surface area contributed by atoms with Crippen LogP contribution in [0.5, 0.6) is 0 Å². The molecule has 32 heavy (non-hydrogen) atoms. The van der Waals surface area contributed by atoms with Crippen LogP contribution in [-0.2, 0) is 0 Å². The zero-order valence-corrected chi connectivity index (χ0v) is 16.4. The Hall–Kier alpha value is -3.73. The molecule has 0 radical (unpaired) electrons. The number of halogens is 6. The first-order valence-corrected chi connectivity index (χ1v) is 8.93. The lowest BCUT2D eigenvalue weighted by atomic mass is 9.99. The minimum absolute atomic E-state index is 0.255. The fourth-order valence-corrected chi connectivity index (χ4v) is 3.03. The van der Waals surface area contributed by atoms with E-state index in [-0.39, 0.29) is 5.02 Å². The highest BCUT2D eigenvalue weighted by molar-refractivity contribution is 6.33. The maximum Gasteiger partial charge on any atom is 0.434 e. The smallest absolute Gasteiger partial charge is 0.434 e. The maximum atomic E-state index is 14.3. The summed E-state index contributed by atoms with van der Waals surface area (Å²) in [4.78, 5) is 15.3. The molecule has 0 aliphatic heterocycles. The summed E-state index contributed by atoms with van der Waals surface area (Å²) in [5.41, 5.74) is 0.177. The van der Waals surface area contributed by atoms with Crippen LogP contribution in [0.1, 0.15) is 16.1 Å². The Kier molecular flexibility index (Phi) is 6.30. The number of carbonyl (C=O) groups is 1. The molecule has 12 heteroatoms. The Bertz CT molecular complexity index is 1230. The topological polar surface area (TPSA) is 102 Å². The minimum Gasteiger partial charge on any atom is -0.477 e. The van der Waals surface area contributed by atoms with Gasteiger partial charge in [-0.15, -0.1) is 0 Å². The van der Waals surface area contributed by atoms with Gasteiger partial charge < -0.3 is 15.4 Å². The molecule has 3 N–H and O–H groups in total. The van der Waals surface area contributed by atoms with E-state index < -0.39 is 63.3 Å². The lowest BCUT2D eigenvalue weighted by Gasteiger charge is -2.13. The van der Waals surface area contributed by atoms with Crippen molar-refractivity contribution >= 4 is 34.5 Å². The van der Waals surface area contributed by atoms with E-state index in [0.29, 0.717) is 6.20 Å². The standard InChI is InChI=1S/C20H11ClF5N3O3/c21-12-5-2-6-13(23)14(12)16-15(19(30)31)17(32-29-16)11(8-27)18(20(24,25)26)28-10-4-1-3-9(22)7-10/h1-8H,27H2,(H,30,31)/b11-8-,28-18?. The molecule has 0 aliphatic carbocycles. The summed E-state index contributed by atoms with van der Waals surface area (Å²) in [5, 5.41) is 12.8. The Morgan fingerprint density at radius 2 is 1.88 bits per heavy atom. The first-order chi connectivity index (χ1) is 15.0. The number of nitrogens with zero attached hydrogens (tertiary/aromatic N) is 2. The molecule has 0 saturated heterocycles. The number of benzene rings is 2. The van der Waals surface area contributed by atoms with Crippen LogP contribution in [-0.4, -0.2) is 28.1 Å². The van der Waals surface area contributed by atoms with E-state index in [2.05, 4.69) is 10.1 Å². The van der Waals surface area contributed by atoms with Gasteiger partial charge in [0.05, 0.1) is 21.8 Å². The highest BCUT2D eigenvalue weighted by Gasteiger charge is 2.42. The number of hydrogen-bond donors (Lipinski definition) is 2. The van der Waals surface area contributed by atoms with Gasteiger partial charge in [-0.25, -0.2) is 18.6 Å². The molecule has 0 fully saturated rings. The molecule has 0 spiro atoms. The quantitative estimate of drug-likeness (QED) is 0.372. The van der Waals surface area contributed by atoms with Gasteiger partial charge in [0.1, 0.15) is 22.9 Å². The molecule has 0 atom stereocenters. The molecule has 0 saturated carbocycles. The maximum absolute atomic E-state index is 14.3. The van der Waals surface area contributed by atoms with Crippen LogP contribution in [0.15, 0.2) is 58.2 Å². The molecular formula is C20H11ClF5N3O3. The molecule has 3 rings (SSSR count). The summed E-state index contributed by atoms with van der Waals surface area (Å²) in [6.07, 6.45) is -4.76. The van der Waals surface area contributed by atoms with Gasteiger partial charge in [0, 0.05) is 6.20 Å². The van der Waals surface area contributed by atoms with Crippen molar-refractivity contribution in [1.82, 2.24) is 5.16 Å². The lowest BCUT2D eigenvalue weighted by Crippen LogP contribution is -2.25. The molecule has 1 aromatic heterocycles. The van der Waals surface area contributed by atoms with E-state index in [1.54, 1.807) is 0 Å². The fourth-order valence-electron chi connectivity index (χ4n) is 2.78. The number of hydrogen-bond acceptors (Lipinski definition) is 5. The van der Waals surface area contributed by atoms with Crippen molar-refractivity contribution < 1.29 is 36.4 Å². The van der Waals surface area contributed by atoms with E-state index in [1.165, 1.54) is 12.1 Å². The van der Waals surface area contributed by atoms with Crippen molar-refractivity contribution in [3.05, 3.63) is 76.6 Å². The summed E-state index contributed by atoms with van der Waals surface area (Å²) in [5.74, 6) is -4.57. The molecule has 6 nitrogen and oxygen atoms in total. The Morgan fingerprint density at radius 1 is 1.19 bits per heavy atom. The van der Waals surface area contributed by atoms with Crippen molar-refractivity contribution in [2.24, 2.45) is 10.7 Å². The predicted molar refractivity (Wildman–Crippen MR) is 106 cm³/mol. The SMILES string of the molecule is N/C=C(\C(=Nc1cccc(F)c1)C(F)(F)F)c1onc(-c2c(F)cccc2Cl)c1C(=O)O. The van der Waals surface area contributed by atoms with E-state index in [4.69, 9.17) is 21.9 Å². The third-order valence-electron chi connectivity index (χ3n) is 4.09.